The number of nitrogens with zero attached hydrogens (tertiary/aromatic N) is 2. The van der Waals surface area contributed by atoms with Crippen molar-refractivity contribution >= 4 is 29.9 Å². The first-order valence-corrected chi connectivity index (χ1v) is 6.36. The normalized spacial score (nSPS) is 16.2. The van der Waals surface area contributed by atoms with E-state index >= 15 is 0 Å². The van der Waals surface area contributed by atoms with E-state index in [9.17, 15) is 0 Å². The zero-order valence-electron chi connectivity index (χ0n) is 11.4. The summed E-state index contributed by atoms with van der Waals surface area (Å²) >= 11 is 0. The second-order valence-electron chi connectivity index (χ2n) is 4.48. The highest BCUT2D eigenvalue weighted by Gasteiger charge is 2.18. The third-order valence-electron chi connectivity index (χ3n) is 3.29. The van der Waals surface area contributed by atoms with Crippen LogP contribution in [-0.2, 0) is 0 Å². The molecule has 0 aromatic rings. The van der Waals surface area contributed by atoms with E-state index in [-0.39, 0.29) is 24.0 Å². The summed E-state index contributed by atoms with van der Waals surface area (Å²) in [7, 11) is 3.96. The van der Waals surface area contributed by atoms with E-state index in [0.29, 0.717) is 6.54 Å². The number of likely N-dealkylation sites (N-methyl/N-ethyl adjacent to an activating group) is 1. The number of hydrogen-bond donors (Lipinski definition) is 2. The molecule has 0 atom stereocenters. The number of rotatable bonds is 5. The molecule has 104 valence electrons. The molecule has 0 bridgehead atoms. The second-order valence-corrected chi connectivity index (χ2v) is 4.48. The number of terminal acetylenes is 1. The van der Waals surface area contributed by atoms with Crippen molar-refractivity contribution in [2.75, 3.05) is 33.7 Å². The molecular weight excluding hydrogens is 339 g/mol. The van der Waals surface area contributed by atoms with Crippen LogP contribution in [0.25, 0.3) is 0 Å². The molecule has 1 rings (SSSR count). The lowest BCUT2D eigenvalue weighted by molar-refractivity contribution is 0.249. The predicted molar refractivity (Wildman–Crippen MR) is 88.5 cm³/mol. The second kappa shape index (κ2) is 10.4. The molecule has 0 spiro atoms. The summed E-state index contributed by atoms with van der Waals surface area (Å²) in [6, 6.07) is 0.775. The van der Waals surface area contributed by atoms with Gasteiger partial charge in [-0.15, -0.1) is 30.4 Å². The van der Waals surface area contributed by atoms with Gasteiger partial charge in [-0.1, -0.05) is 18.8 Å². The van der Waals surface area contributed by atoms with Crippen molar-refractivity contribution in [2.24, 2.45) is 4.99 Å². The molecule has 4 nitrogen and oxygen atoms in total. The zero-order chi connectivity index (χ0) is 12.5. The summed E-state index contributed by atoms with van der Waals surface area (Å²) in [6.45, 7) is 2.46. The number of guanidine groups is 1. The van der Waals surface area contributed by atoms with Gasteiger partial charge in [0, 0.05) is 26.2 Å². The van der Waals surface area contributed by atoms with Gasteiger partial charge in [-0.05, 0) is 19.9 Å². The van der Waals surface area contributed by atoms with Gasteiger partial charge in [0.25, 0.3) is 0 Å². The van der Waals surface area contributed by atoms with Crippen molar-refractivity contribution in [1.82, 2.24) is 15.5 Å². The Hall–Kier alpha value is -0.480. The Morgan fingerprint density at radius 3 is 2.61 bits per heavy atom. The average molecular weight is 364 g/mol. The highest BCUT2D eigenvalue weighted by Crippen LogP contribution is 2.21. The molecule has 0 unspecified atom stereocenters. The van der Waals surface area contributed by atoms with E-state index in [1.165, 1.54) is 25.7 Å². The SMILES string of the molecule is C#CCNC(=NC)NCCN(C)C1CCCC1.I. The molecule has 18 heavy (non-hydrogen) atoms. The fourth-order valence-electron chi connectivity index (χ4n) is 2.23. The lowest BCUT2D eigenvalue weighted by atomic mass is 10.2. The highest BCUT2D eigenvalue weighted by atomic mass is 127. The first-order chi connectivity index (χ1) is 8.27. The molecule has 1 aliphatic carbocycles. The molecule has 5 heteroatoms. The molecule has 2 N–H and O–H groups in total. The number of halogens is 1. The van der Waals surface area contributed by atoms with E-state index in [2.05, 4.69) is 33.5 Å². The molecule has 0 heterocycles. The van der Waals surface area contributed by atoms with E-state index < -0.39 is 0 Å². The quantitative estimate of drug-likeness (QED) is 0.334. The summed E-state index contributed by atoms with van der Waals surface area (Å²) in [5.74, 6) is 3.31. The molecule has 1 aliphatic rings. The Labute approximate surface area is 128 Å². The molecule has 1 saturated carbocycles. The lowest BCUT2D eigenvalue weighted by Crippen LogP contribution is -2.42. The fourth-order valence-corrected chi connectivity index (χ4v) is 2.23. The maximum atomic E-state index is 5.19. The average Bonchev–Trinajstić information content (AvgIpc) is 2.87. The monoisotopic (exact) mass is 364 g/mol. The largest absolute Gasteiger partial charge is 0.355 e. The third kappa shape index (κ3) is 6.45. The minimum atomic E-state index is 0. The first-order valence-electron chi connectivity index (χ1n) is 6.36. The summed E-state index contributed by atoms with van der Waals surface area (Å²) < 4.78 is 0. The van der Waals surface area contributed by atoms with Crippen LogP contribution in [0.15, 0.2) is 4.99 Å². The summed E-state index contributed by atoms with van der Waals surface area (Å²) in [6.07, 6.45) is 10.6. The molecule has 0 saturated heterocycles. The highest BCUT2D eigenvalue weighted by molar-refractivity contribution is 14.0. The van der Waals surface area contributed by atoms with E-state index in [1.54, 1.807) is 7.05 Å². The van der Waals surface area contributed by atoms with Crippen molar-refractivity contribution in [3.63, 3.8) is 0 Å². The van der Waals surface area contributed by atoms with Crippen LogP contribution < -0.4 is 10.6 Å². The minimum absolute atomic E-state index is 0. The van der Waals surface area contributed by atoms with Gasteiger partial charge in [-0.3, -0.25) is 4.99 Å². The topological polar surface area (TPSA) is 39.7 Å². The lowest BCUT2D eigenvalue weighted by Gasteiger charge is -2.24. The molecule has 0 aromatic heterocycles. The van der Waals surface area contributed by atoms with Crippen molar-refractivity contribution in [3.05, 3.63) is 0 Å². The van der Waals surface area contributed by atoms with E-state index in [4.69, 9.17) is 6.42 Å². The molecule has 0 aliphatic heterocycles. The molecule has 0 amide bonds. The number of hydrogen-bond acceptors (Lipinski definition) is 2. The van der Waals surface area contributed by atoms with Crippen LogP contribution >= 0.6 is 24.0 Å². The van der Waals surface area contributed by atoms with Gasteiger partial charge in [0.05, 0.1) is 6.54 Å². The van der Waals surface area contributed by atoms with Crippen LogP contribution in [0.4, 0.5) is 0 Å². The van der Waals surface area contributed by atoms with Gasteiger partial charge in [0.15, 0.2) is 5.96 Å². The maximum absolute atomic E-state index is 5.19. The number of nitrogens with one attached hydrogen (secondary N) is 2. The van der Waals surface area contributed by atoms with Crippen LogP contribution in [-0.4, -0.2) is 50.6 Å². The van der Waals surface area contributed by atoms with Crippen molar-refractivity contribution < 1.29 is 0 Å². The molecule has 1 fully saturated rings. The molecular formula is C13H25IN4. The van der Waals surface area contributed by atoms with Gasteiger partial charge in [0.2, 0.25) is 0 Å². The van der Waals surface area contributed by atoms with Crippen LogP contribution in [0.3, 0.4) is 0 Å². The Balaban J connectivity index is 0.00000289. The van der Waals surface area contributed by atoms with E-state index in [1.807, 2.05) is 0 Å². The Kier molecular flexibility index (Phi) is 10.2. The van der Waals surface area contributed by atoms with Crippen molar-refractivity contribution in [1.29, 1.82) is 0 Å². The number of aliphatic imine (C=N–C) groups is 1. The van der Waals surface area contributed by atoms with Gasteiger partial charge >= 0.3 is 0 Å². The van der Waals surface area contributed by atoms with Crippen LogP contribution in [0.2, 0.25) is 0 Å². The first kappa shape index (κ1) is 17.5. The van der Waals surface area contributed by atoms with Gasteiger partial charge in [-0.2, -0.15) is 0 Å². The smallest absolute Gasteiger partial charge is 0.191 e. The molecule has 0 aromatic carbocycles. The van der Waals surface area contributed by atoms with Crippen LogP contribution in [0.1, 0.15) is 25.7 Å². The Morgan fingerprint density at radius 2 is 2.06 bits per heavy atom. The van der Waals surface area contributed by atoms with Crippen molar-refractivity contribution in [2.45, 2.75) is 31.7 Å². The summed E-state index contributed by atoms with van der Waals surface area (Å²) in [4.78, 5) is 6.54. The summed E-state index contributed by atoms with van der Waals surface area (Å²) in [5, 5.41) is 6.31. The minimum Gasteiger partial charge on any atom is -0.355 e. The predicted octanol–water partition coefficient (Wildman–Crippen LogP) is 1.28. The fraction of sp³-hybridized carbons (Fsp3) is 0.769. The van der Waals surface area contributed by atoms with Crippen LogP contribution in [0.5, 0.6) is 0 Å². The third-order valence-corrected chi connectivity index (χ3v) is 3.29. The van der Waals surface area contributed by atoms with Gasteiger partial charge in [0.1, 0.15) is 0 Å². The van der Waals surface area contributed by atoms with Gasteiger partial charge < -0.3 is 15.5 Å². The Bertz CT molecular complexity index is 279. The van der Waals surface area contributed by atoms with E-state index in [0.717, 1.165) is 25.1 Å². The zero-order valence-corrected chi connectivity index (χ0v) is 13.7. The van der Waals surface area contributed by atoms with Crippen LogP contribution in [0, 0.1) is 12.3 Å². The van der Waals surface area contributed by atoms with Gasteiger partial charge in [-0.25, -0.2) is 0 Å². The summed E-state index contributed by atoms with van der Waals surface area (Å²) in [5.41, 5.74) is 0. The maximum Gasteiger partial charge on any atom is 0.191 e. The van der Waals surface area contributed by atoms with Crippen molar-refractivity contribution in [3.8, 4) is 12.3 Å². The Morgan fingerprint density at radius 1 is 1.39 bits per heavy atom. The standard InChI is InChI=1S/C13H24N4.HI/c1-4-9-15-13(14-2)16-10-11-17(3)12-7-5-6-8-12;/h1,12H,5-11H2,2-3H3,(H2,14,15,16);1H. The molecule has 0 radical (unpaired) electrons.